The number of carbonyl (C=O) groups excluding carboxylic acids is 2. The minimum absolute atomic E-state index is 0.143. The van der Waals surface area contributed by atoms with Gasteiger partial charge in [-0.15, -0.1) is 0 Å². The van der Waals surface area contributed by atoms with Gasteiger partial charge in [-0.2, -0.15) is 0 Å². The number of nitrogens with zero attached hydrogens (tertiary/aromatic N) is 2. The van der Waals surface area contributed by atoms with Gasteiger partial charge in [0.05, 0.1) is 10.9 Å². The number of aliphatic carboxylic acids is 1. The number of benzene rings is 1. The molecule has 22 heavy (non-hydrogen) atoms. The van der Waals surface area contributed by atoms with E-state index in [-0.39, 0.29) is 18.4 Å². The zero-order valence-corrected chi connectivity index (χ0v) is 12.9. The van der Waals surface area contributed by atoms with E-state index < -0.39 is 11.2 Å². The minimum atomic E-state index is -1.20. The van der Waals surface area contributed by atoms with Crippen LogP contribution in [-0.4, -0.2) is 33.2 Å². The SMILES string of the molecule is O=C([O-])C[C@@H]1SC(=Nc2ccccc2)N(C2CCCC2)C1=O. The van der Waals surface area contributed by atoms with Gasteiger partial charge >= 0.3 is 0 Å². The van der Waals surface area contributed by atoms with Crippen LogP contribution >= 0.6 is 11.8 Å². The largest absolute Gasteiger partial charge is 0.550 e. The summed E-state index contributed by atoms with van der Waals surface area (Å²) in [6.45, 7) is 0. The fraction of sp³-hybridized carbons (Fsp3) is 0.438. The summed E-state index contributed by atoms with van der Waals surface area (Å²) in [5.74, 6) is -1.34. The van der Waals surface area contributed by atoms with Crippen molar-refractivity contribution in [2.24, 2.45) is 4.99 Å². The number of carbonyl (C=O) groups is 2. The lowest BCUT2D eigenvalue weighted by Crippen LogP contribution is -2.40. The van der Waals surface area contributed by atoms with Crippen molar-refractivity contribution < 1.29 is 14.7 Å². The molecule has 0 bridgehead atoms. The molecule has 2 aliphatic rings. The third kappa shape index (κ3) is 3.16. The lowest BCUT2D eigenvalue weighted by atomic mass is 10.2. The topological polar surface area (TPSA) is 72.8 Å². The van der Waals surface area contributed by atoms with E-state index in [1.54, 1.807) is 4.90 Å². The first-order chi connectivity index (χ1) is 10.6. The zero-order chi connectivity index (χ0) is 15.5. The number of carboxylic acids is 1. The van der Waals surface area contributed by atoms with Crippen molar-refractivity contribution in [2.45, 2.75) is 43.4 Å². The van der Waals surface area contributed by atoms with Crippen LogP contribution in [0.3, 0.4) is 0 Å². The van der Waals surface area contributed by atoms with Crippen molar-refractivity contribution in [3.05, 3.63) is 30.3 Å². The Kier molecular flexibility index (Phi) is 4.47. The molecule has 116 valence electrons. The number of para-hydroxylation sites is 1. The van der Waals surface area contributed by atoms with Crippen molar-refractivity contribution in [1.29, 1.82) is 0 Å². The summed E-state index contributed by atoms with van der Waals surface area (Å²) in [5, 5.41) is 10.9. The third-order valence-corrected chi connectivity index (χ3v) is 5.14. The summed E-state index contributed by atoms with van der Waals surface area (Å²) >= 11 is 1.24. The Morgan fingerprint density at radius 2 is 1.95 bits per heavy atom. The van der Waals surface area contributed by atoms with Crippen molar-refractivity contribution in [3.63, 3.8) is 0 Å². The van der Waals surface area contributed by atoms with Gasteiger partial charge in [0.25, 0.3) is 0 Å². The van der Waals surface area contributed by atoms with Gasteiger partial charge in [-0.05, 0) is 25.0 Å². The second-order valence-electron chi connectivity index (χ2n) is 5.56. The fourth-order valence-electron chi connectivity index (χ4n) is 2.96. The Bertz CT molecular complexity index is 597. The average Bonchev–Trinajstić information content (AvgIpc) is 3.09. The van der Waals surface area contributed by atoms with Gasteiger partial charge in [0.1, 0.15) is 0 Å². The zero-order valence-electron chi connectivity index (χ0n) is 12.1. The molecule has 0 unspecified atom stereocenters. The molecule has 1 aliphatic carbocycles. The summed E-state index contributed by atoms with van der Waals surface area (Å²) in [7, 11) is 0. The van der Waals surface area contributed by atoms with Crippen LogP contribution in [0.4, 0.5) is 5.69 Å². The Labute approximate surface area is 133 Å². The molecule has 0 radical (unpaired) electrons. The van der Waals surface area contributed by atoms with E-state index >= 15 is 0 Å². The van der Waals surface area contributed by atoms with Crippen LogP contribution in [0.2, 0.25) is 0 Å². The molecule has 0 aromatic heterocycles. The van der Waals surface area contributed by atoms with E-state index in [4.69, 9.17) is 0 Å². The summed E-state index contributed by atoms with van der Waals surface area (Å²) in [6, 6.07) is 9.57. The summed E-state index contributed by atoms with van der Waals surface area (Å²) < 4.78 is 0. The van der Waals surface area contributed by atoms with E-state index in [2.05, 4.69) is 4.99 Å². The first-order valence-electron chi connectivity index (χ1n) is 7.48. The van der Waals surface area contributed by atoms with Crippen molar-refractivity contribution in [3.8, 4) is 0 Å². The summed E-state index contributed by atoms with van der Waals surface area (Å²) in [5.41, 5.74) is 0.773. The molecule has 3 rings (SSSR count). The number of amidine groups is 1. The van der Waals surface area contributed by atoms with Crippen LogP contribution in [0.25, 0.3) is 0 Å². The maximum Gasteiger partial charge on any atom is 0.242 e. The standard InChI is InChI=1S/C16H18N2O3S/c19-14(20)10-13-15(21)18(12-8-4-5-9-12)16(22-13)17-11-6-2-1-3-7-11/h1-3,6-7,12-13H,4-5,8-10H2,(H,19,20)/p-1/t13-/m0/s1. The molecule has 0 N–H and O–H groups in total. The third-order valence-electron chi connectivity index (χ3n) is 3.99. The Hall–Kier alpha value is -1.82. The number of carboxylic acid groups (broad SMARTS) is 1. The highest BCUT2D eigenvalue weighted by Crippen LogP contribution is 2.36. The lowest BCUT2D eigenvalue weighted by molar-refractivity contribution is -0.305. The van der Waals surface area contributed by atoms with Gasteiger partial charge in [0.2, 0.25) is 5.91 Å². The molecule has 1 aliphatic heterocycles. The number of thioether (sulfide) groups is 1. The van der Waals surface area contributed by atoms with Gasteiger partial charge in [0.15, 0.2) is 5.17 Å². The van der Waals surface area contributed by atoms with E-state index in [0.717, 1.165) is 31.4 Å². The van der Waals surface area contributed by atoms with Gasteiger partial charge in [-0.3, -0.25) is 9.69 Å². The number of hydrogen-bond acceptors (Lipinski definition) is 5. The lowest BCUT2D eigenvalue weighted by Gasteiger charge is -2.23. The molecule has 5 nitrogen and oxygen atoms in total. The Morgan fingerprint density at radius 1 is 1.27 bits per heavy atom. The van der Waals surface area contributed by atoms with Crippen LogP contribution < -0.4 is 5.11 Å². The molecule has 0 spiro atoms. The number of amides is 1. The molecule has 6 heteroatoms. The van der Waals surface area contributed by atoms with E-state index in [9.17, 15) is 14.7 Å². The molecule has 2 fully saturated rings. The van der Waals surface area contributed by atoms with E-state index in [1.807, 2.05) is 30.3 Å². The Balaban J connectivity index is 1.89. The highest BCUT2D eigenvalue weighted by molar-refractivity contribution is 8.15. The van der Waals surface area contributed by atoms with Crippen LogP contribution in [0, 0.1) is 0 Å². The van der Waals surface area contributed by atoms with Gasteiger partial charge < -0.3 is 9.90 Å². The van der Waals surface area contributed by atoms with E-state index in [0.29, 0.717) is 5.17 Å². The van der Waals surface area contributed by atoms with Crippen molar-refractivity contribution in [1.82, 2.24) is 4.90 Å². The second-order valence-corrected chi connectivity index (χ2v) is 6.73. The Morgan fingerprint density at radius 3 is 2.59 bits per heavy atom. The van der Waals surface area contributed by atoms with Crippen LogP contribution in [0.5, 0.6) is 0 Å². The van der Waals surface area contributed by atoms with Gasteiger partial charge in [-0.1, -0.05) is 42.8 Å². The van der Waals surface area contributed by atoms with Crippen molar-refractivity contribution in [2.75, 3.05) is 0 Å². The summed E-state index contributed by atoms with van der Waals surface area (Å²) in [6.07, 6.45) is 3.85. The molecule has 1 aromatic rings. The predicted octanol–water partition coefficient (Wildman–Crippen LogP) is 1.70. The maximum absolute atomic E-state index is 12.6. The van der Waals surface area contributed by atoms with Gasteiger partial charge in [0, 0.05) is 18.4 Å². The molecule has 1 aromatic carbocycles. The highest BCUT2D eigenvalue weighted by atomic mass is 32.2. The van der Waals surface area contributed by atoms with E-state index in [1.165, 1.54) is 11.8 Å². The minimum Gasteiger partial charge on any atom is -0.550 e. The highest BCUT2D eigenvalue weighted by Gasteiger charge is 2.42. The quantitative estimate of drug-likeness (QED) is 0.847. The molecule has 1 saturated carbocycles. The molecule has 1 atom stereocenters. The smallest absolute Gasteiger partial charge is 0.242 e. The first kappa shape index (κ1) is 15.1. The average molecular weight is 317 g/mol. The monoisotopic (exact) mass is 317 g/mol. The fourth-order valence-corrected chi connectivity index (χ4v) is 4.15. The predicted molar refractivity (Wildman–Crippen MR) is 83.6 cm³/mol. The number of hydrogen-bond donors (Lipinski definition) is 0. The molecular formula is C16H17N2O3S-. The van der Waals surface area contributed by atoms with Crippen LogP contribution in [0.1, 0.15) is 32.1 Å². The van der Waals surface area contributed by atoms with Gasteiger partial charge in [-0.25, -0.2) is 4.99 Å². The van der Waals surface area contributed by atoms with Crippen LogP contribution in [-0.2, 0) is 9.59 Å². The van der Waals surface area contributed by atoms with Crippen LogP contribution in [0.15, 0.2) is 35.3 Å². The molecule has 1 amide bonds. The number of aliphatic imine (C=N–C) groups is 1. The molecule has 1 saturated heterocycles. The normalized spacial score (nSPS) is 24.4. The molecule has 1 heterocycles. The first-order valence-corrected chi connectivity index (χ1v) is 8.36. The second kappa shape index (κ2) is 6.52. The van der Waals surface area contributed by atoms with Crippen molar-refractivity contribution >= 4 is 34.5 Å². The number of rotatable bonds is 4. The summed E-state index contributed by atoms with van der Waals surface area (Å²) in [4.78, 5) is 29.7. The maximum atomic E-state index is 12.6. The molecular weight excluding hydrogens is 300 g/mol.